The van der Waals surface area contributed by atoms with Crippen molar-refractivity contribution >= 4 is 52.1 Å². The Kier molecular flexibility index (Phi) is 8.30. The maximum absolute atomic E-state index is 13.3. The van der Waals surface area contributed by atoms with Gasteiger partial charge in [0.2, 0.25) is 5.95 Å². The molecule has 43 heavy (non-hydrogen) atoms. The van der Waals surface area contributed by atoms with Gasteiger partial charge in [-0.05, 0) is 36.0 Å². The fourth-order valence-electron chi connectivity index (χ4n) is 5.08. The molecule has 4 aromatic rings. The van der Waals surface area contributed by atoms with Gasteiger partial charge in [0, 0.05) is 46.0 Å². The van der Waals surface area contributed by atoms with Gasteiger partial charge < -0.3 is 24.6 Å². The van der Waals surface area contributed by atoms with Crippen LogP contribution in [0.3, 0.4) is 0 Å². The zero-order valence-electron chi connectivity index (χ0n) is 24.2. The van der Waals surface area contributed by atoms with Crippen molar-refractivity contribution in [3.63, 3.8) is 0 Å². The molecule has 1 N–H and O–H groups in total. The van der Waals surface area contributed by atoms with Gasteiger partial charge in [0.1, 0.15) is 0 Å². The van der Waals surface area contributed by atoms with Crippen molar-refractivity contribution in [2.24, 2.45) is 14.1 Å². The number of benzene rings is 2. The minimum Gasteiger partial charge on any atom is -0.465 e. The molecule has 0 radical (unpaired) electrons. The molecule has 1 aliphatic rings. The van der Waals surface area contributed by atoms with Crippen molar-refractivity contribution in [1.29, 1.82) is 0 Å². The van der Waals surface area contributed by atoms with Crippen LogP contribution in [-0.4, -0.2) is 81.0 Å². The molecule has 14 heteroatoms. The Labute approximate surface area is 251 Å². The van der Waals surface area contributed by atoms with Crippen molar-refractivity contribution in [2.45, 2.75) is 6.54 Å². The van der Waals surface area contributed by atoms with Gasteiger partial charge in [-0.25, -0.2) is 14.4 Å². The normalized spacial score (nSPS) is 13.2. The summed E-state index contributed by atoms with van der Waals surface area (Å²) >= 11 is 5.67. The van der Waals surface area contributed by atoms with Crippen LogP contribution in [0.25, 0.3) is 11.2 Å². The Morgan fingerprint density at radius 1 is 0.907 bits per heavy atom. The van der Waals surface area contributed by atoms with Crippen LogP contribution in [0.15, 0.2) is 58.1 Å². The minimum absolute atomic E-state index is 0.179. The highest BCUT2D eigenvalue weighted by atomic mass is 32.1. The highest BCUT2D eigenvalue weighted by Crippen LogP contribution is 2.23. The number of hydrogen-bond donors (Lipinski definition) is 1. The number of aromatic nitrogens is 4. The number of rotatable bonds is 6. The van der Waals surface area contributed by atoms with E-state index in [-0.39, 0.29) is 11.1 Å². The average molecular weight is 606 g/mol. The van der Waals surface area contributed by atoms with Crippen LogP contribution in [0, 0.1) is 0 Å². The summed E-state index contributed by atoms with van der Waals surface area (Å²) in [4.78, 5) is 59.1. The summed E-state index contributed by atoms with van der Waals surface area (Å²) in [5.41, 5.74) is 1.62. The first-order valence-electron chi connectivity index (χ1n) is 13.5. The highest BCUT2D eigenvalue weighted by Gasteiger charge is 2.27. The molecule has 0 aliphatic carbocycles. The second-order valence-corrected chi connectivity index (χ2v) is 10.4. The Bertz CT molecular complexity index is 1800. The predicted molar refractivity (Wildman–Crippen MR) is 165 cm³/mol. The quantitative estimate of drug-likeness (QED) is 0.254. The second-order valence-electron chi connectivity index (χ2n) is 10.0. The van der Waals surface area contributed by atoms with Gasteiger partial charge in [0.25, 0.3) is 5.56 Å². The van der Waals surface area contributed by atoms with E-state index in [1.165, 1.54) is 31.9 Å². The summed E-state index contributed by atoms with van der Waals surface area (Å²) in [5.74, 6) is -0.609. The van der Waals surface area contributed by atoms with Gasteiger partial charge >= 0.3 is 17.6 Å². The van der Waals surface area contributed by atoms with Crippen molar-refractivity contribution < 1.29 is 19.1 Å². The molecule has 1 fully saturated rings. The molecule has 0 bridgehead atoms. The Morgan fingerprint density at radius 3 is 2.09 bits per heavy atom. The van der Waals surface area contributed by atoms with Gasteiger partial charge in [-0.15, -0.1) is 0 Å². The molecule has 1 saturated heterocycles. The van der Waals surface area contributed by atoms with E-state index in [1.807, 2.05) is 39.8 Å². The lowest BCUT2D eigenvalue weighted by atomic mass is 10.1. The standard InChI is InChI=1S/C29H31N7O6S/c1-32-23-22(24(37)33(2)29(32)40)36(17-18-8-6-5-7-9-18)27(31-23)34-10-12-35(13-11-34)28(43)30-21-15-19(25(38)41-3)14-20(16-21)26(39)42-4/h5-9,14-16H,10-13,17H2,1-4H3,(H,30,43). The van der Waals surface area contributed by atoms with Gasteiger partial charge in [0.05, 0.1) is 31.9 Å². The number of fused-ring (bicyclic) bond motifs is 1. The van der Waals surface area contributed by atoms with E-state index < -0.39 is 23.2 Å². The van der Waals surface area contributed by atoms with Crippen LogP contribution in [0.2, 0.25) is 0 Å². The number of hydrogen-bond acceptors (Lipinski definition) is 9. The smallest absolute Gasteiger partial charge is 0.337 e. The van der Waals surface area contributed by atoms with Gasteiger partial charge in [0.15, 0.2) is 16.3 Å². The molecule has 2 aromatic carbocycles. The third kappa shape index (κ3) is 5.73. The zero-order valence-corrected chi connectivity index (χ0v) is 25.0. The number of nitrogens with one attached hydrogen (secondary N) is 1. The fraction of sp³-hybridized carbons (Fsp3) is 0.310. The van der Waals surface area contributed by atoms with E-state index in [9.17, 15) is 19.2 Å². The second kappa shape index (κ2) is 12.1. The minimum atomic E-state index is -0.598. The first-order valence-corrected chi connectivity index (χ1v) is 13.9. The number of ether oxygens (including phenoxy) is 2. The molecule has 0 unspecified atom stereocenters. The van der Waals surface area contributed by atoms with E-state index in [0.717, 1.165) is 10.1 Å². The largest absolute Gasteiger partial charge is 0.465 e. The number of nitrogens with zero attached hydrogens (tertiary/aromatic N) is 6. The lowest BCUT2D eigenvalue weighted by molar-refractivity contribution is 0.0599. The van der Waals surface area contributed by atoms with Crippen LogP contribution in [0.1, 0.15) is 26.3 Å². The van der Waals surface area contributed by atoms with E-state index >= 15 is 0 Å². The van der Waals surface area contributed by atoms with E-state index in [2.05, 4.69) is 10.2 Å². The Hall–Kier alpha value is -4.98. The van der Waals surface area contributed by atoms with Crippen LogP contribution < -0.4 is 21.5 Å². The van der Waals surface area contributed by atoms with Crippen LogP contribution >= 0.6 is 12.2 Å². The Morgan fingerprint density at radius 2 is 1.51 bits per heavy atom. The number of carbonyl (C=O) groups excluding carboxylic acids is 2. The fourth-order valence-corrected chi connectivity index (χ4v) is 5.38. The Balaban J connectivity index is 1.40. The van der Waals surface area contributed by atoms with Crippen LogP contribution in [-0.2, 0) is 30.1 Å². The number of methoxy groups -OCH3 is 2. The van der Waals surface area contributed by atoms with E-state index in [0.29, 0.717) is 60.6 Å². The lowest BCUT2D eigenvalue weighted by Gasteiger charge is -2.36. The van der Waals surface area contributed by atoms with E-state index in [4.69, 9.17) is 26.7 Å². The number of carbonyl (C=O) groups is 2. The number of anilines is 2. The third-order valence-electron chi connectivity index (χ3n) is 7.39. The van der Waals surface area contributed by atoms with Crippen molar-refractivity contribution in [2.75, 3.05) is 50.6 Å². The number of thiocarbonyl (C=S) groups is 1. The highest BCUT2D eigenvalue weighted by molar-refractivity contribution is 7.80. The summed E-state index contributed by atoms with van der Waals surface area (Å²) in [5, 5.41) is 3.53. The van der Waals surface area contributed by atoms with Crippen molar-refractivity contribution in [3.05, 3.63) is 86.1 Å². The summed E-state index contributed by atoms with van der Waals surface area (Å²) in [6, 6.07) is 14.3. The summed E-state index contributed by atoms with van der Waals surface area (Å²) < 4.78 is 14.0. The van der Waals surface area contributed by atoms with Gasteiger partial charge in [-0.1, -0.05) is 30.3 Å². The molecule has 13 nitrogen and oxygen atoms in total. The molecule has 3 heterocycles. The summed E-state index contributed by atoms with van der Waals surface area (Å²) in [6.07, 6.45) is 0. The molecule has 1 aliphatic heterocycles. The number of imidazole rings is 1. The molecule has 0 saturated carbocycles. The number of esters is 2. The first-order chi connectivity index (χ1) is 20.6. The average Bonchev–Trinajstić information content (AvgIpc) is 3.41. The van der Waals surface area contributed by atoms with Gasteiger partial charge in [-0.2, -0.15) is 4.98 Å². The maximum atomic E-state index is 13.3. The number of aryl methyl sites for hydroxylation is 1. The molecular formula is C29H31N7O6S. The topological polar surface area (TPSA) is 133 Å². The SMILES string of the molecule is COC(=O)c1cc(NC(=S)N2CCN(c3nc4c(c(=O)n(C)c(=O)n4C)n3Cc3ccccc3)CC2)cc(C(=O)OC)c1. The van der Waals surface area contributed by atoms with Crippen LogP contribution in [0.4, 0.5) is 11.6 Å². The monoisotopic (exact) mass is 605 g/mol. The maximum Gasteiger partial charge on any atom is 0.337 e. The molecule has 2 aromatic heterocycles. The van der Waals surface area contributed by atoms with E-state index in [1.54, 1.807) is 19.2 Å². The molecular weight excluding hydrogens is 574 g/mol. The zero-order chi connectivity index (χ0) is 30.8. The van der Waals surface area contributed by atoms with Crippen molar-refractivity contribution in [1.82, 2.24) is 23.6 Å². The van der Waals surface area contributed by atoms with Crippen LogP contribution in [0.5, 0.6) is 0 Å². The first kappa shape index (κ1) is 29.5. The number of piperazine rings is 1. The third-order valence-corrected chi connectivity index (χ3v) is 7.75. The van der Waals surface area contributed by atoms with Gasteiger partial charge in [-0.3, -0.25) is 18.5 Å². The summed E-state index contributed by atoms with van der Waals surface area (Å²) in [6.45, 7) is 2.52. The predicted octanol–water partition coefficient (Wildman–Crippen LogP) is 1.57. The molecule has 5 rings (SSSR count). The molecule has 0 atom stereocenters. The van der Waals surface area contributed by atoms with Crippen molar-refractivity contribution in [3.8, 4) is 0 Å². The molecule has 0 spiro atoms. The summed E-state index contributed by atoms with van der Waals surface area (Å²) in [7, 11) is 5.59. The molecule has 224 valence electrons. The molecule has 0 amide bonds. The lowest BCUT2D eigenvalue weighted by Crippen LogP contribution is -2.50.